The standard InChI is InChI=1S/C21H18FNO4S/c22-15-3-1-13(2-4-15)20(25)14-7-9-23(10-8-14)21(28)19-12-26-18-11-16(24)5-6-17(18)27-19/h1-6,11-12,14,24H,7-10H2. The lowest BCUT2D eigenvalue weighted by Gasteiger charge is -2.34. The maximum absolute atomic E-state index is 13.0. The number of hydrogen-bond acceptors (Lipinski definition) is 5. The van der Waals surface area contributed by atoms with Crippen molar-refractivity contribution in [1.82, 2.24) is 4.90 Å². The molecule has 4 rings (SSSR count). The zero-order valence-electron chi connectivity index (χ0n) is 14.9. The smallest absolute Gasteiger partial charge is 0.197 e. The van der Waals surface area contributed by atoms with Gasteiger partial charge in [0.25, 0.3) is 0 Å². The predicted molar refractivity (Wildman–Crippen MR) is 105 cm³/mol. The Morgan fingerprint density at radius 3 is 2.54 bits per heavy atom. The van der Waals surface area contributed by atoms with Crippen LogP contribution in [0.1, 0.15) is 23.2 Å². The molecule has 2 aliphatic rings. The number of rotatable bonds is 3. The molecule has 0 amide bonds. The molecule has 1 N–H and O–H groups in total. The van der Waals surface area contributed by atoms with Crippen molar-refractivity contribution < 1.29 is 23.8 Å². The number of piperidine rings is 1. The molecule has 0 bridgehead atoms. The van der Waals surface area contributed by atoms with E-state index in [4.69, 9.17) is 21.7 Å². The van der Waals surface area contributed by atoms with E-state index >= 15 is 0 Å². The van der Waals surface area contributed by atoms with Gasteiger partial charge in [-0.25, -0.2) is 4.39 Å². The number of carbonyl (C=O) groups excluding carboxylic acids is 1. The van der Waals surface area contributed by atoms with Crippen molar-refractivity contribution in [2.45, 2.75) is 12.8 Å². The largest absolute Gasteiger partial charge is 0.508 e. The van der Waals surface area contributed by atoms with Crippen molar-refractivity contribution in [3.05, 3.63) is 65.9 Å². The Morgan fingerprint density at radius 2 is 1.82 bits per heavy atom. The number of halogens is 1. The van der Waals surface area contributed by atoms with Crippen LogP contribution < -0.4 is 9.47 Å². The van der Waals surface area contributed by atoms with Crippen molar-refractivity contribution in [2.24, 2.45) is 5.92 Å². The van der Waals surface area contributed by atoms with Gasteiger partial charge < -0.3 is 19.5 Å². The van der Waals surface area contributed by atoms with Crippen LogP contribution in [0.3, 0.4) is 0 Å². The minimum absolute atomic E-state index is 0.0377. The highest BCUT2D eigenvalue weighted by atomic mass is 32.1. The van der Waals surface area contributed by atoms with Crippen LogP contribution in [0.25, 0.3) is 0 Å². The Bertz CT molecular complexity index is 949. The molecule has 2 aliphatic heterocycles. The number of carbonyl (C=O) groups is 1. The van der Waals surface area contributed by atoms with Gasteiger partial charge in [-0.3, -0.25) is 4.79 Å². The number of hydrogen-bond donors (Lipinski definition) is 1. The third-order valence-electron chi connectivity index (χ3n) is 4.93. The van der Waals surface area contributed by atoms with Crippen LogP contribution in [0, 0.1) is 11.7 Å². The van der Waals surface area contributed by atoms with Crippen molar-refractivity contribution in [3.8, 4) is 17.2 Å². The van der Waals surface area contributed by atoms with Gasteiger partial charge in [-0.2, -0.15) is 0 Å². The van der Waals surface area contributed by atoms with E-state index < -0.39 is 0 Å². The molecule has 2 aromatic rings. The lowest BCUT2D eigenvalue weighted by Crippen LogP contribution is -2.41. The minimum atomic E-state index is -0.350. The van der Waals surface area contributed by atoms with Gasteiger partial charge in [-0.1, -0.05) is 12.2 Å². The normalized spacial score (nSPS) is 16.5. The van der Waals surface area contributed by atoms with Gasteiger partial charge in [-0.15, -0.1) is 0 Å². The van der Waals surface area contributed by atoms with Crippen LogP contribution in [0.15, 0.2) is 54.5 Å². The van der Waals surface area contributed by atoms with E-state index in [1.165, 1.54) is 42.7 Å². The van der Waals surface area contributed by atoms with E-state index in [1.54, 1.807) is 6.07 Å². The molecule has 1 saturated heterocycles. The van der Waals surface area contributed by atoms with Gasteiger partial charge in [0.1, 0.15) is 22.8 Å². The summed E-state index contributed by atoms with van der Waals surface area (Å²) < 4.78 is 24.4. The van der Waals surface area contributed by atoms with Gasteiger partial charge in [0.05, 0.1) is 0 Å². The zero-order chi connectivity index (χ0) is 19.7. The fraction of sp³-hybridized carbons (Fsp3) is 0.238. The zero-order valence-corrected chi connectivity index (χ0v) is 15.7. The summed E-state index contributed by atoms with van der Waals surface area (Å²) in [7, 11) is 0. The average Bonchev–Trinajstić information content (AvgIpc) is 2.73. The molecule has 0 aliphatic carbocycles. The summed E-state index contributed by atoms with van der Waals surface area (Å²) in [5, 5.41) is 9.50. The number of thiocarbonyl (C=S) groups is 1. The third kappa shape index (κ3) is 3.71. The Hall–Kier alpha value is -2.93. The molecule has 1 fully saturated rings. The molecule has 0 saturated carbocycles. The first-order chi connectivity index (χ1) is 13.5. The van der Waals surface area contributed by atoms with Crippen LogP contribution in [0.4, 0.5) is 4.39 Å². The highest BCUT2D eigenvalue weighted by Crippen LogP contribution is 2.36. The third-order valence-corrected chi connectivity index (χ3v) is 5.39. The number of fused-ring (bicyclic) bond motifs is 1. The molecule has 0 spiro atoms. The monoisotopic (exact) mass is 399 g/mol. The summed E-state index contributed by atoms with van der Waals surface area (Å²) in [6, 6.07) is 10.3. The fourth-order valence-electron chi connectivity index (χ4n) is 3.38. The summed E-state index contributed by atoms with van der Waals surface area (Å²) in [4.78, 5) is 15.1. The van der Waals surface area contributed by atoms with Crippen molar-refractivity contribution in [3.63, 3.8) is 0 Å². The van der Waals surface area contributed by atoms with E-state index in [-0.39, 0.29) is 23.3 Å². The molecule has 144 valence electrons. The number of ketones is 1. The van der Waals surface area contributed by atoms with E-state index in [0.717, 1.165) is 0 Å². The van der Waals surface area contributed by atoms with Crippen molar-refractivity contribution in [2.75, 3.05) is 13.1 Å². The van der Waals surface area contributed by atoms with E-state index in [2.05, 4.69) is 0 Å². The second-order valence-electron chi connectivity index (χ2n) is 6.77. The molecule has 0 aromatic heterocycles. The van der Waals surface area contributed by atoms with Gasteiger partial charge in [0.15, 0.2) is 23.0 Å². The summed E-state index contributed by atoms with van der Waals surface area (Å²) in [5.41, 5.74) is 0.536. The molecular weight excluding hydrogens is 381 g/mol. The van der Waals surface area contributed by atoms with Crippen LogP contribution >= 0.6 is 12.2 Å². The highest BCUT2D eigenvalue weighted by Gasteiger charge is 2.29. The van der Waals surface area contributed by atoms with Crippen LogP contribution in [-0.2, 0) is 0 Å². The van der Waals surface area contributed by atoms with Gasteiger partial charge >= 0.3 is 0 Å². The maximum Gasteiger partial charge on any atom is 0.197 e. The Balaban J connectivity index is 1.37. The number of phenols is 1. The first kappa shape index (κ1) is 18.4. The number of likely N-dealkylation sites (tertiary alicyclic amines) is 1. The number of ether oxygens (including phenoxy) is 2. The first-order valence-electron chi connectivity index (χ1n) is 8.98. The maximum atomic E-state index is 13.0. The predicted octanol–water partition coefficient (Wildman–Crippen LogP) is 4.07. The topological polar surface area (TPSA) is 59.0 Å². The van der Waals surface area contributed by atoms with E-state index in [1.807, 2.05) is 4.90 Å². The average molecular weight is 399 g/mol. The number of aromatic hydroxyl groups is 1. The van der Waals surface area contributed by atoms with E-state index in [9.17, 15) is 14.3 Å². The molecule has 2 heterocycles. The number of Topliss-reactive ketones (excluding diaryl/α,β-unsaturated/α-hetero) is 1. The van der Waals surface area contributed by atoms with Crippen molar-refractivity contribution in [1.29, 1.82) is 0 Å². The lowest BCUT2D eigenvalue weighted by atomic mass is 9.89. The quantitative estimate of drug-likeness (QED) is 0.620. The second kappa shape index (κ2) is 7.59. The number of nitrogens with zero attached hydrogens (tertiary/aromatic N) is 1. The molecule has 0 unspecified atom stereocenters. The second-order valence-corrected chi connectivity index (χ2v) is 7.16. The fourth-order valence-corrected chi connectivity index (χ4v) is 3.65. The first-order valence-corrected chi connectivity index (χ1v) is 9.39. The Morgan fingerprint density at radius 1 is 1.11 bits per heavy atom. The van der Waals surface area contributed by atoms with Crippen molar-refractivity contribution >= 4 is 23.0 Å². The summed E-state index contributed by atoms with van der Waals surface area (Å²) in [5.74, 6) is 1.01. The Labute approximate surface area is 167 Å². The number of phenolic OH excluding ortho intramolecular Hbond substituents is 1. The van der Waals surface area contributed by atoms with E-state index in [0.29, 0.717) is 53.7 Å². The molecule has 7 heteroatoms. The molecule has 0 radical (unpaired) electrons. The van der Waals surface area contributed by atoms with Crippen LogP contribution in [0.2, 0.25) is 0 Å². The molecule has 0 atom stereocenters. The number of benzene rings is 2. The van der Waals surface area contributed by atoms with Gasteiger partial charge in [-0.05, 0) is 49.2 Å². The van der Waals surface area contributed by atoms with Gasteiger partial charge in [0.2, 0.25) is 0 Å². The lowest BCUT2D eigenvalue weighted by molar-refractivity contribution is 0.0872. The van der Waals surface area contributed by atoms with Gasteiger partial charge in [0, 0.05) is 30.6 Å². The minimum Gasteiger partial charge on any atom is -0.508 e. The summed E-state index contributed by atoms with van der Waals surface area (Å²) in [6.45, 7) is 1.25. The highest BCUT2D eigenvalue weighted by molar-refractivity contribution is 7.80. The molecule has 2 aromatic carbocycles. The SMILES string of the molecule is O=C(c1ccc(F)cc1)C1CCN(C(=S)C2=COc3cc(O)ccc3O2)CC1. The molecular formula is C21H18FNO4S. The molecule has 5 nitrogen and oxygen atoms in total. The van der Waals surface area contributed by atoms with Crippen LogP contribution in [0.5, 0.6) is 17.2 Å². The Kier molecular flexibility index (Phi) is 5.00. The summed E-state index contributed by atoms with van der Waals surface area (Å²) >= 11 is 5.54. The van der Waals surface area contributed by atoms with Crippen LogP contribution in [-0.4, -0.2) is 33.9 Å². The summed E-state index contributed by atoms with van der Waals surface area (Å²) in [6.07, 6.45) is 2.75. The molecule has 28 heavy (non-hydrogen) atoms.